The molecular formula is C29H32FNO4. The summed E-state index contributed by atoms with van der Waals surface area (Å²) in [5.74, 6) is 0.556. The highest BCUT2D eigenvalue weighted by Crippen LogP contribution is 2.41. The highest BCUT2D eigenvalue weighted by Gasteiger charge is 2.30. The lowest BCUT2D eigenvalue weighted by atomic mass is 9.82. The number of hydrogen-bond acceptors (Lipinski definition) is 5. The van der Waals surface area contributed by atoms with Crippen LogP contribution in [0.4, 0.5) is 4.39 Å². The molecule has 4 rings (SSSR count). The van der Waals surface area contributed by atoms with Gasteiger partial charge in [0.05, 0.1) is 19.8 Å². The molecule has 0 saturated carbocycles. The fraction of sp³-hybridized carbons (Fsp3) is 0.345. The monoisotopic (exact) mass is 477 g/mol. The summed E-state index contributed by atoms with van der Waals surface area (Å²) >= 11 is 0. The number of rotatable bonds is 8. The number of benzene rings is 3. The highest BCUT2D eigenvalue weighted by molar-refractivity contribution is 5.91. The van der Waals surface area contributed by atoms with Crippen LogP contribution in [0, 0.1) is 12.7 Å². The molecule has 1 heterocycles. The second-order valence-electron chi connectivity index (χ2n) is 8.99. The number of esters is 1. The lowest BCUT2D eigenvalue weighted by Crippen LogP contribution is -2.31. The standard InChI is InChI=1S/C29H32FNO4/c1-18-9-10-21(15-24(18)29(32)34-4)25-17-22(35-27-8-6-5-7-23(25)27)13-14-31-19(2)20-11-12-26(30)28(16-20)33-3/h5-12,15-16,19,22,25,31H,13-14,17H2,1-4H3. The van der Waals surface area contributed by atoms with E-state index in [0.717, 1.165) is 47.4 Å². The van der Waals surface area contributed by atoms with E-state index in [1.807, 2.05) is 44.2 Å². The Hall–Kier alpha value is -3.38. The summed E-state index contributed by atoms with van der Waals surface area (Å²) < 4.78 is 30.2. The number of fused-ring (bicyclic) bond motifs is 1. The van der Waals surface area contributed by atoms with Crippen molar-refractivity contribution < 1.29 is 23.4 Å². The van der Waals surface area contributed by atoms with E-state index in [1.54, 1.807) is 12.1 Å². The number of methoxy groups -OCH3 is 2. The molecule has 3 atom stereocenters. The summed E-state index contributed by atoms with van der Waals surface area (Å²) in [4.78, 5) is 12.3. The molecule has 0 bridgehead atoms. The number of carbonyl (C=O) groups excluding carboxylic acids is 1. The van der Waals surface area contributed by atoms with Crippen LogP contribution in [0.1, 0.15) is 64.3 Å². The first kappa shape index (κ1) is 24.7. The summed E-state index contributed by atoms with van der Waals surface area (Å²) in [6, 6.07) is 19.1. The van der Waals surface area contributed by atoms with E-state index >= 15 is 0 Å². The van der Waals surface area contributed by atoms with Crippen molar-refractivity contribution in [2.75, 3.05) is 20.8 Å². The van der Waals surface area contributed by atoms with Gasteiger partial charge in [-0.3, -0.25) is 0 Å². The van der Waals surface area contributed by atoms with Crippen LogP contribution >= 0.6 is 0 Å². The van der Waals surface area contributed by atoms with Crippen molar-refractivity contribution in [1.29, 1.82) is 0 Å². The average Bonchev–Trinajstić information content (AvgIpc) is 2.88. The van der Waals surface area contributed by atoms with E-state index in [1.165, 1.54) is 20.3 Å². The molecule has 35 heavy (non-hydrogen) atoms. The first-order valence-electron chi connectivity index (χ1n) is 11.9. The van der Waals surface area contributed by atoms with Crippen molar-refractivity contribution in [3.8, 4) is 11.5 Å². The van der Waals surface area contributed by atoms with Crippen molar-refractivity contribution in [3.63, 3.8) is 0 Å². The summed E-state index contributed by atoms with van der Waals surface area (Å²) in [6.07, 6.45) is 1.63. The van der Waals surface area contributed by atoms with Gasteiger partial charge in [0.2, 0.25) is 0 Å². The van der Waals surface area contributed by atoms with Gasteiger partial charge in [0.15, 0.2) is 11.6 Å². The lowest BCUT2D eigenvalue weighted by molar-refractivity contribution is 0.0599. The smallest absolute Gasteiger partial charge is 0.338 e. The Bertz CT molecular complexity index is 1200. The summed E-state index contributed by atoms with van der Waals surface area (Å²) in [7, 11) is 2.88. The molecule has 0 radical (unpaired) electrons. The van der Waals surface area contributed by atoms with Gasteiger partial charge in [-0.25, -0.2) is 9.18 Å². The molecule has 3 aromatic rings. The van der Waals surface area contributed by atoms with Crippen LogP contribution in [0.15, 0.2) is 60.7 Å². The van der Waals surface area contributed by atoms with Crippen molar-refractivity contribution in [1.82, 2.24) is 5.32 Å². The van der Waals surface area contributed by atoms with Crippen LogP contribution in [-0.4, -0.2) is 32.8 Å². The van der Waals surface area contributed by atoms with E-state index in [4.69, 9.17) is 14.2 Å². The molecule has 0 aromatic heterocycles. The van der Waals surface area contributed by atoms with Gasteiger partial charge in [-0.15, -0.1) is 0 Å². The predicted octanol–water partition coefficient (Wildman–Crippen LogP) is 5.95. The Kier molecular flexibility index (Phi) is 7.71. The third-order valence-corrected chi connectivity index (χ3v) is 6.75. The second kappa shape index (κ2) is 10.9. The second-order valence-corrected chi connectivity index (χ2v) is 8.99. The summed E-state index contributed by atoms with van der Waals surface area (Å²) in [5.41, 5.74) is 4.66. The molecular weight excluding hydrogens is 445 g/mol. The molecule has 3 aromatic carbocycles. The topological polar surface area (TPSA) is 56.8 Å². The van der Waals surface area contributed by atoms with Crippen LogP contribution in [0.3, 0.4) is 0 Å². The molecule has 1 aliphatic rings. The minimum Gasteiger partial charge on any atom is -0.494 e. The summed E-state index contributed by atoms with van der Waals surface area (Å²) in [5, 5.41) is 3.52. The maximum absolute atomic E-state index is 13.8. The van der Waals surface area contributed by atoms with Crippen molar-refractivity contribution in [3.05, 3.63) is 94.3 Å². The third-order valence-electron chi connectivity index (χ3n) is 6.75. The van der Waals surface area contributed by atoms with Crippen molar-refractivity contribution in [2.24, 2.45) is 0 Å². The van der Waals surface area contributed by atoms with Gasteiger partial charge >= 0.3 is 5.97 Å². The SMILES string of the molecule is COC(=O)c1cc(C2CC(CCNC(C)c3ccc(F)c(OC)c3)Oc3ccccc32)ccc1C. The first-order valence-corrected chi connectivity index (χ1v) is 11.9. The van der Waals surface area contributed by atoms with E-state index in [-0.39, 0.29) is 35.6 Å². The Morgan fingerprint density at radius 2 is 1.94 bits per heavy atom. The Labute approximate surface area is 206 Å². The maximum atomic E-state index is 13.8. The number of para-hydroxylation sites is 1. The maximum Gasteiger partial charge on any atom is 0.338 e. The molecule has 0 spiro atoms. The van der Waals surface area contributed by atoms with Crippen LogP contribution in [0.2, 0.25) is 0 Å². The molecule has 0 amide bonds. The largest absolute Gasteiger partial charge is 0.494 e. The molecule has 5 nitrogen and oxygen atoms in total. The number of nitrogens with one attached hydrogen (secondary N) is 1. The normalized spacial score (nSPS) is 17.7. The van der Waals surface area contributed by atoms with Crippen LogP contribution in [-0.2, 0) is 4.74 Å². The Balaban J connectivity index is 1.48. The van der Waals surface area contributed by atoms with Crippen molar-refractivity contribution in [2.45, 2.75) is 44.8 Å². The van der Waals surface area contributed by atoms with Gasteiger partial charge in [0.1, 0.15) is 11.9 Å². The molecule has 184 valence electrons. The number of carbonyl (C=O) groups is 1. The van der Waals surface area contributed by atoms with Gasteiger partial charge in [0, 0.05) is 17.5 Å². The quantitative estimate of drug-likeness (QED) is 0.406. The molecule has 3 unspecified atom stereocenters. The predicted molar refractivity (Wildman–Crippen MR) is 134 cm³/mol. The number of hydrogen-bond donors (Lipinski definition) is 1. The Morgan fingerprint density at radius 1 is 1.14 bits per heavy atom. The zero-order chi connectivity index (χ0) is 24.9. The van der Waals surface area contributed by atoms with Gasteiger partial charge in [0.25, 0.3) is 0 Å². The lowest BCUT2D eigenvalue weighted by Gasteiger charge is -2.33. The van der Waals surface area contributed by atoms with E-state index in [0.29, 0.717) is 5.56 Å². The molecule has 0 fully saturated rings. The van der Waals surface area contributed by atoms with E-state index in [9.17, 15) is 9.18 Å². The average molecular weight is 478 g/mol. The fourth-order valence-electron chi connectivity index (χ4n) is 4.70. The van der Waals surface area contributed by atoms with E-state index in [2.05, 4.69) is 17.4 Å². The van der Waals surface area contributed by atoms with Gasteiger partial charge in [-0.2, -0.15) is 0 Å². The molecule has 1 N–H and O–H groups in total. The van der Waals surface area contributed by atoms with Crippen molar-refractivity contribution >= 4 is 5.97 Å². The minimum absolute atomic E-state index is 0.0141. The minimum atomic E-state index is -0.366. The zero-order valence-corrected chi connectivity index (χ0v) is 20.6. The number of aryl methyl sites for hydroxylation is 1. The molecule has 6 heteroatoms. The first-order chi connectivity index (χ1) is 16.9. The number of ether oxygens (including phenoxy) is 3. The van der Waals surface area contributed by atoms with Crippen LogP contribution in [0.5, 0.6) is 11.5 Å². The number of halogens is 1. The molecule has 1 aliphatic heterocycles. The Morgan fingerprint density at radius 3 is 2.71 bits per heavy atom. The van der Waals surface area contributed by atoms with Gasteiger partial charge in [-0.1, -0.05) is 36.4 Å². The fourth-order valence-corrected chi connectivity index (χ4v) is 4.70. The third kappa shape index (κ3) is 5.49. The van der Waals surface area contributed by atoms with E-state index < -0.39 is 0 Å². The zero-order valence-electron chi connectivity index (χ0n) is 20.6. The van der Waals surface area contributed by atoms with Gasteiger partial charge in [-0.05, 0) is 74.2 Å². The molecule has 0 saturated heterocycles. The van der Waals surface area contributed by atoms with Crippen LogP contribution in [0.25, 0.3) is 0 Å². The molecule has 0 aliphatic carbocycles. The van der Waals surface area contributed by atoms with Crippen LogP contribution < -0.4 is 14.8 Å². The van der Waals surface area contributed by atoms with Gasteiger partial charge < -0.3 is 19.5 Å². The summed E-state index contributed by atoms with van der Waals surface area (Å²) in [6.45, 7) is 4.70. The highest BCUT2D eigenvalue weighted by atomic mass is 19.1.